The maximum absolute atomic E-state index is 12.7. The first-order valence-corrected chi connectivity index (χ1v) is 7.85. The van der Waals surface area contributed by atoms with Gasteiger partial charge >= 0.3 is 0 Å². The molecule has 3 aromatic rings. The van der Waals surface area contributed by atoms with Crippen molar-refractivity contribution in [2.24, 2.45) is 0 Å². The van der Waals surface area contributed by atoms with Crippen molar-refractivity contribution in [2.45, 2.75) is 0 Å². The Labute approximate surface area is 144 Å². The van der Waals surface area contributed by atoms with Crippen LogP contribution in [-0.4, -0.2) is 22.6 Å². The number of methoxy groups -OCH3 is 1. The molecule has 23 heavy (non-hydrogen) atoms. The minimum atomic E-state index is -0.495. The van der Waals surface area contributed by atoms with Crippen molar-refractivity contribution in [1.82, 2.24) is 9.55 Å². The van der Waals surface area contributed by atoms with E-state index in [-0.39, 0.29) is 4.77 Å². The molecule has 1 aromatic heterocycles. The van der Waals surface area contributed by atoms with Gasteiger partial charge in [0, 0.05) is 5.56 Å². The third-order valence-electron chi connectivity index (χ3n) is 3.41. The van der Waals surface area contributed by atoms with E-state index >= 15 is 0 Å². The van der Waals surface area contributed by atoms with Crippen molar-refractivity contribution in [1.29, 1.82) is 0 Å². The maximum Gasteiger partial charge on any atom is 0.269 e. The van der Waals surface area contributed by atoms with Crippen LogP contribution in [0.1, 0.15) is 10.4 Å². The van der Waals surface area contributed by atoms with Crippen molar-refractivity contribution < 1.29 is 9.53 Å². The number of nitrogens with zero attached hydrogens (tertiary/aromatic N) is 1. The Morgan fingerprint density at radius 3 is 2.70 bits per heavy atom. The van der Waals surface area contributed by atoms with Crippen LogP contribution in [0, 0.1) is 4.77 Å². The lowest BCUT2D eigenvalue weighted by Crippen LogP contribution is -2.29. The number of rotatable bonds is 2. The molecule has 0 bridgehead atoms. The standard InChI is InChI=1S/C16H11BrN2O3S/c1-22-13-7-6-9(8-11(13)17)14(20)19-15(21)10-4-2-3-5-12(10)18-16(19)23/h2-8H,1H3,(H,18,23). The largest absolute Gasteiger partial charge is 0.496 e. The maximum atomic E-state index is 12.7. The molecule has 0 saturated carbocycles. The highest BCUT2D eigenvalue weighted by Crippen LogP contribution is 2.25. The average Bonchev–Trinajstić information content (AvgIpc) is 2.54. The lowest BCUT2D eigenvalue weighted by Gasteiger charge is -2.09. The molecule has 1 heterocycles. The zero-order valence-corrected chi connectivity index (χ0v) is 14.4. The quantitative estimate of drug-likeness (QED) is 0.679. The van der Waals surface area contributed by atoms with Crippen LogP contribution < -0.4 is 10.3 Å². The fourth-order valence-electron chi connectivity index (χ4n) is 2.28. The van der Waals surface area contributed by atoms with Gasteiger partial charge in [-0.2, -0.15) is 0 Å². The number of hydrogen-bond acceptors (Lipinski definition) is 4. The summed E-state index contributed by atoms with van der Waals surface area (Å²) < 4.78 is 6.78. The topological polar surface area (TPSA) is 64.1 Å². The summed E-state index contributed by atoms with van der Waals surface area (Å²) in [6, 6.07) is 11.7. The normalized spacial score (nSPS) is 10.7. The van der Waals surface area contributed by atoms with Crippen molar-refractivity contribution in [2.75, 3.05) is 7.11 Å². The summed E-state index contributed by atoms with van der Waals surface area (Å²) in [6.07, 6.45) is 0. The predicted octanol–water partition coefficient (Wildman–Crippen LogP) is 3.52. The zero-order valence-electron chi connectivity index (χ0n) is 12.0. The number of H-pyrrole nitrogens is 1. The van der Waals surface area contributed by atoms with Gasteiger partial charge in [0.25, 0.3) is 11.5 Å². The van der Waals surface area contributed by atoms with Crippen LogP contribution in [-0.2, 0) is 0 Å². The van der Waals surface area contributed by atoms with E-state index in [9.17, 15) is 9.59 Å². The molecule has 2 aromatic carbocycles. The Morgan fingerprint density at radius 2 is 2.00 bits per heavy atom. The number of aromatic nitrogens is 2. The lowest BCUT2D eigenvalue weighted by molar-refractivity contribution is 0.0953. The van der Waals surface area contributed by atoms with Gasteiger partial charge in [-0.1, -0.05) is 12.1 Å². The molecule has 116 valence electrons. The molecule has 0 amide bonds. The Kier molecular flexibility index (Phi) is 4.14. The highest BCUT2D eigenvalue weighted by atomic mass is 79.9. The Hall–Kier alpha value is -2.25. The molecule has 0 aliphatic rings. The number of hydrogen-bond donors (Lipinski definition) is 1. The van der Waals surface area contributed by atoms with Gasteiger partial charge in [0.1, 0.15) is 5.75 Å². The molecule has 7 heteroatoms. The zero-order chi connectivity index (χ0) is 16.6. The van der Waals surface area contributed by atoms with E-state index in [4.69, 9.17) is 17.0 Å². The molecule has 0 aliphatic carbocycles. The molecule has 5 nitrogen and oxygen atoms in total. The SMILES string of the molecule is COc1ccc(C(=O)n2c(=S)[nH]c3ccccc3c2=O)cc1Br. The number of aromatic amines is 1. The van der Waals surface area contributed by atoms with Crippen molar-refractivity contribution >= 4 is 45.0 Å². The van der Waals surface area contributed by atoms with E-state index < -0.39 is 11.5 Å². The number of ether oxygens (including phenoxy) is 1. The van der Waals surface area contributed by atoms with Crippen LogP contribution in [0.4, 0.5) is 0 Å². The average molecular weight is 391 g/mol. The van der Waals surface area contributed by atoms with Crippen LogP contribution in [0.25, 0.3) is 10.9 Å². The molecular weight excluding hydrogens is 380 g/mol. The molecule has 0 saturated heterocycles. The third-order valence-corrected chi connectivity index (χ3v) is 4.31. The van der Waals surface area contributed by atoms with E-state index in [1.807, 2.05) is 0 Å². The highest BCUT2D eigenvalue weighted by molar-refractivity contribution is 9.10. The minimum Gasteiger partial charge on any atom is -0.496 e. The van der Waals surface area contributed by atoms with Crippen LogP contribution in [0.5, 0.6) is 5.75 Å². The van der Waals surface area contributed by atoms with Gasteiger partial charge in [0.15, 0.2) is 4.77 Å². The van der Waals surface area contributed by atoms with Gasteiger partial charge in [-0.25, -0.2) is 4.57 Å². The first kappa shape index (κ1) is 15.6. The summed E-state index contributed by atoms with van der Waals surface area (Å²) in [6.45, 7) is 0. The first-order chi connectivity index (χ1) is 11.0. The molecule has 3 rings (SSSR count). The van der Waals surface area contributed by atoms with E-state index in [1.165, 1.54) is 7.11 Å². The van der Waals surface area contributed by atoms with Gasteiger partial charge in [0.2, 0.25) is 0 Å². The summed E-state index contributed by atoms with van der Waals surface area (Å²) in [4.78, 5) is 28.2. The Balaban J connectivity index is 2.20. The molecular formula is C16H11BrN2O3S. The fourth-order valence-corrected chi connectivity index (χ4v) is 3.09. The van der Waals surface area contributed by atoms with E-state index in [0.29, 0.717) is 26.7 Å². The number of carbonyl (C=O) groups excluding carboxylic acids is 1. The second-order valence-electron chi connectivity index (χ2n) is 4.77. The highest BCUT2D eigenvalue weighted by Gasteiger charge is 2.16. The molecule has 0 aliphatic heterocycles. The van der Waals surface area contributed by atoms with E-state index in [0.717, 1.165) is 4.57 Å². The number of carbonyl (C=O) groups is 1. The summed E-state index contributed by atoms with van der Waals surface area (Å²) in [5.74, 6) is 0.0999. The van der Waals surface area contributed by atoms with Gasteiger partial charge in [-0.05, 0) is 58.5 Å². The Bertz CT molecular complexity index is 1040. The van der Waals surface area contributed by atoms with E-state index in [2.05, 4.69) is 20.9 Å². The molecule has 0 atom stereocenters. The predicted molar refractivity (Wildman–Crippen MR) is 93.8 cm³/mol. The van der Waals surface area contributed by atoms with Crippen LogP contribution in [0.3, 0.4) is 0 Å². The summed E-state index contributed by atoms with van der Waals surface area (Å²) in [5, 5.41) is 0.405. The van der Waals surface area contributed by atoms with Crippen LogP contribution >= 0.6 is 28.1 Å². The lowest BCUT2D eigenvalue weighted by atomic mass is 10.2. The van der Waals surface area contributed by atoms with Crippen molar-refractivity contribution in [3.05, 3.63) is 67.6 Å². The number of halogens is 1. The number of fused-ring (bicyclic) bond motifs is 1. The van der Waals surface area contributed by atoms with E-state index in [1.54, 1.807) is 42.5 Å². The number of para-hydroxylation sites is 1. The van der Waals surface area contributed by atoms with Crippen LogP contribution in [0.15, 0.2) is 51.7 Å². The molecule has 0 radical (unpaired) electrons. The summed E-state index contributed by atoms with van der Waals surface area (Å²) in [7, 11) is 1.53. The van der Waals surface area contributed by atoms with Gasteiger partial charge in [-0.3, -0.25) is 9.59 Å². The molecule has 1 N–H and O–H groups in total. The summed E-state index contributed by atoms with van der Waals surface area (Å²) in [5.41, 5.74) is 0.485. The second-order valence-corrected chi connectivity index (χ2v) is 6.01. The second kappa shape index (κ2) is 6.10. The number of nitrogens with one attached hydrogen (secondary N) is 1. The minimum absolute atomic E-state index is 0.0608. The Morgan fingerprint density at radius 1 is 1.26 bits per heavy atom. The third kappa shape index (κ3) is 2.73. The fraction of sp³-hybridized carbons (Fsp3) is 0.0625. The van der Waals surface area contributed by atoms with Crippen molar-refractivity contribution in [3.63, 3.8) is 0 Å². The number of benzene rings is 2. The molecule has 0 fully saturated rings. The molecule has 0 spiro atoms. The van der Waals surface area contributed by atoms with Gasteiger partial charge in [-0.15, -0.1) is 0 Å². The van der Waals surface area contributed by atoms with Crippen LogP contribution in [0.2, 0.25) is 0 Å². The monoisotopic (exact) mass is 390 g/mol. The van der Waals surface area contributed by atoms with Gasteiger partial charge < -0.3 is 9.72 Å². The van der Waals surface area contributed by atoms with Crippen molar-refractivity contribution in [3.8, 4) is 5.75 Å². The van der Waals surface area contributed by atoms with Gasteiger partial charge in [0.05, 0.1) is 22.5 Å². The first-order valence-electron chi connectivity index (χ1n) is 6.65. The smallest absolute Gasteiger partial charge is 0.269 e. The summed E-state index contributed by atoms with van der Waals surface area (Å²) >= 11 is 8.50. The molecule has 0 unspecified atom stereocenters.